The Kier molecular flexibility index (Phi) is 4.41. The summed E-state index contributed by atoms with van der Waals surface area (Å²) >= 11 is 5.85. The van der Waals surface area contributed by atoms with Crippen LogP contribution in [0.3, 0.4) is 0 Å². The molecule has 1 saturated carbocycles. The number of rotatable bonds is 5. The minimum absolute atomic E-state index is 0.154. The fourth-order valence-electron chi connectivity index (χ4n) is 2.31. The molecule has 1 fully saturated rings. The van der Waals surface area contributed by atoms with Crippen molar-refractivity contribution < 1.29 is 4.39 Å². The SMILES string of the molecule is Cc1cc(F)ccc1CN(CCCl)C1CCC1. The zero-order valence-corrected chi connectivity index (χ0v) is 11.0. The Bertz CT molecular complexity index is 376. The standard InChI is InChI=1S/C14H19ClFN/c1-11-9-13(16)6-5-12(11)10-17(8-7-15)14-3-2-4-14/h5-6,9,14H,2-4,7-8,10H2,1H3. The molecule has 17 heavy (non-hydrogen) atoms. The lowest BCUT2D eigenvalue weighted by molar-refractivity contribution is 0.127. The van der Waals surface area contributed by atoms with Gasteiger partial charge in [-0.3, -0.25) is 4.90 Å². The molecule has 0 saturated heterocycles. The second-order valence-electron chi connectivity index (χ2n) is 4.81. The highest BCUT2D eigenvalue weighted by atomic mass is 35.5. The minimum atomic E-state index is -0.154. The first kappa shape index (κ1) is 12.8. The molecule has 0 spiro atoms. The van der Waals surface area contributed by atoms with E-state index in [-0.39, 0.29) is 5.82 Å². The first-order valence-electron chi connectivity index (χ1n) is 6.25. The van der Waals surface area contributed by atoms with Crippen molar-refractivity contribution in [3.05, 3.63) is 35.1 Å². The smallest absolute Gasteiger partial charge is 0.123 e. The van der Waals surface area contributed by atoms with E-state index in [1.54, 1.807) is 12.1 Å². The lowest BCUT2D eigenvalue weighted by Gasteiger charge is -2.37. The summed E-state index contributed by atoms with van der Waals surface area (Å²) in [6.07, 6.45) is 3.88. The highest BCUT2D eigenvalue weighted by Crippen LogP contribution is 2.26. The van der Waals surface area contributed by atoms with Crippen molar-refractivity contribution in [3.8, 4) is 0 Å². The van der Waals surface area contributed by atoms with Crippen LogP contribution in [-0.2, 0) is 6.54 Å². The monoisotopic (exact) mass is 255 g/mol. The summed E-state index contributed by atoms with van der Waals surface area (Å²) in [4.78, 5) is 2.43. The fraction of sp³-hybridized carbons (Fsp3) is 0.571. The van der Waals surface area contributed by atoms with Gasteiger partial charge in [0.05, 0.1) is 0 Å². The lowest BCUT2D eigenvalue weighted by Crippen LogP contribution is -2.40. The van der Waals surface area contributed by atoms with Gasteiger partial charge in [0.2, 0.25) is 0 Å². The van der Waals surface area contributed by atoms with Gasteiger partial charge in [0.1, 0.15) is 5.82 Å². The number of benzene rings is 1. The van der Waals surface area contributed by atoms with E-state index in [9.17, 15) is 4.39 Å². The minimum Gasteiger partial charge on any atom is -0.295 e. The van der Waals surface area contributed by atoms with Crippen molar-refractivity contribution in [1.82, 2.24) is 4.90 Å². The van der Waals surface area contributed by atoms with Crippen LogP contribution in [0.15, 0.2) is 18.2 Å². The predicted octanol–water partition coefficient (Wildman–Crippen LogP) is 3.73. The van der Waals surface area contributed by atoms with Crippen LogP contribution >= 0.6 is 11.6 Å². The second-order valence-corrected chi connectivity index (χ2v) is 5.19. The Hall–Kier alpha value is -0.600. The molecule has 1 aliphatic rings. The van der Waals surface area contributed by atoms with Crippen molar-refractivity contribution in [1.29, 1.82) is 0 Å². The summed E-state index contributed by atoms with van der Waals surface area (Å²) in [7, 11) is 0. The van der Waals surface area contributed by atoms with Crippen LogP contribution in [0.1, 0.15) is 30.4 Å². The Morgan fingerprint density at radius 1 is 1.41 bits per heavy atom. The van der Waals surface area contributed by atoms with Crippen LogP contribution < -0.4 is 0 Å². The van der Waals surface area contributed by atoms with Gasteiger partial charge in [0.25, 0.3) is 0 Å². The molecule has 0 unspecified atom stereocenters. The van der Waals surface area contributed by atoms with Gasteiger partial charge in [-0.05, 0) is 43.0 Å². The quantitative estimate of drug-likeness (QED) is 0.725. The number of nitrogens with zero attached hydrogens (tertiary/aromatic N) is 1. The molecule has 0 atom stereocenters. The Balaban J connectivity index is 2.05. The van der Waals surface area contributed by atoms with Gasteiger partial charge in [0.15, 0.2) is 0 Å². The van der Waals surface area contributed by atoms with E-state index < -0.39 is 0 Å². The summed E-state index contributed by atoms with van der Waals surface area (Å²) in [5.41, 5.74) is 2.24. The first-order chi connectivity index (χ1) is 8.20. The van der Waals surface area contributed by atoms with Gasteiger partial charge in [-0.1, -0.05) is 12.5 Å². The maximum atomic E-state index is 13.0. The van der Waals surface area contributed by atoms with Crippen molar-refractivity contribution in [2.24, 2.45) is 0 Å². The molecule has 0 heterocycles. The molecule has 1 aliphatic carbocycles. The predicted molar refractivity (Wildman–Crippen MR) is 69.9 cm³/mol. The van der Waals surface area contributed by atoms with Gasteiger partial charge in [-0.2, -0.15) is 0 Å². The average Bonchev–Trinajstić information content (AvgIpc) is 2.20. The maximum absolute atomic E-state index is 13.0. The number of aryl methyl sites for hydroxylation is 1. The third-order valence-corrected chi connectivity index (χ3v) is 3.81. The molecule has 0 N–H and O–H groups in total. The van der Waals surface area contributed by atoms with Crippen LogP contribution in [0, 0.1) is 12.7 Å². The lowest BCUT2D eigenvalue weighted by atomic mass is 9.91. The molecule has 94 valence electrons. The number of hydrogen-bond donors (Lipinski definition) is 0. The zero-order valence-electron chi connectivity index (χ0n) is 10.3. The van der Waals surface area contributed by atoms with Crippen LogP contribution in [0.4, 0.5) is 4.39 Å². The Morgan fingerprint density at radius 3 is 2.71 bits per heavy atom. The first-order valence-corrected chi connectivity index (χ1v) is 6.79. The third-order valence-electron chi connectivity index (χ3n) is 3.64. The molecule has 1 aromatic rings. The van der Waals surface area contributed by atoms with Crippen molar-refractivity contribution in [2.75, 3.05) is 12.4 Å². The van der Waals surface area contributed by atoms with Crippen LogP contribution in [0.25, 0.3) is 0 Å². The maximum Gasteiger partial charge on any atom is 0.123 e. The van der Waals surface area contributed by atoms with Crippen LogP contribution in [-0.4, -0.2) is 23.4 Å². The number of hydrogen-bond acceptors (Lipinski definition) is 1. The summed E-state index contributed by atoms with van der Waals surface area (Å²) in [5, 5.41) is 0. The topological polar surface area (TPSA) is 3.24 Å². The van der Waals surface area contributed by atoms with Crippen molar-refractivity contribution in [3.63, 3.8) is 0 Å². The van der Waals surface area contributed by atoms with Gasteiger partial charge >= 0.3 is 0 Å². The fourth-order valence-corrected chi connectivity index (χ4v) is 2.52. The molecule has 0 bridgehead atoms. The molecular weight excluding hydrogens is 237 g/mol. The molecule has 3 heteroatoms. The second kappa shape index (κ2) is 5.83. The Morgan fingerprint density at radius 2 is 2.18 bits per heavy atom. The molecular formula is C14H19ClFN. The average molecular weight is 256 g/mol. The van der Waals surface area contributed by atoms with E-state index in [0.29, 0.717) is 11.9 Å². The van der Waals surface area contributed by atoms with E-state index in [2.05, 4.69) is 4.90 Å². The molecule has 0 aromatic heterocycles. The zero-order chi connectivity index (χ0) is 12.3. The van der Waals surface area contributed by atoms with Crippen molar-refractivity contribution in [2.45, 2.75) is 38.8 Å². The summed E-state index contributed by atoms with van der Waals surface area (Å²) in [6.45, 7) is 3.78. The van der Waals surface area contributed by atoms with Gasteiger partial charge in [-0.25, -0.2) is 4.39 Å². The van der Waals surface area contributed by atoms with E-state index in [4.69, 9.17) is 11.6 Å². The highest BCUT2D eigenvalue weighted by Gasteiger charge is 2.24. The van der Waals surface area contributed by atoms with Gasteiger partial charge < -0.3 is 0 Å². The van der Waals surface area contributed by atoms with Gasteiger partial charge in [0, 0.05) is 25.0 Å². The number of halogens is 2. The molecule has 0 radical (unpaired) electrons. The van der Waals surface area contributed by atoms with E-state index >= 15 is 0 Å². The van der Waals surface area contributed by atoms with E-state index in [0.717, 1.165) is 18.7 Å². The molecule has 2 rings (SSSR count). The molecule has 0 aliphatic heterocycles. The molecule has 1 aromatic carbocycles. The summed E-state index contributed by atoms with van der Waals surface area (Å²) in [6, 6.07) is 5.72. The van der Waals surface area contributed by atoms with Crippen LogP contribution in [0.5, 0.6) is 0 Å². The summed E-state index contributed by atoms with van der Waals surface area (Å²) in [5.74, 6) is 0.510. The summed E-state index contributed by atoms with van der Waals surface area (Å²) < 4.78 is 13.0. The Labute approximate surface area is 108 Å². The van der Waals surface area contributed by atoms with E-state index in [1.807, 2.05) is 13.0 Å². The van der Waals surface area contributed by atoms with Crippen LogP contribution in [0.2, 0.25) is 0 Å². The largest absolute Gasteiger partial charge is 0.295 e. The highest BCUT2D eigenvalue weighted by molar-refractivity contribution is 6.18. The van der Waals surface area contributed by atoms with Gasteiger partial charge in [-0.15, -0.1) is 11.6 Å². The molecule has 0 amide bonds. The normalized spacial score (nSPS) is 16.2. The van der Waals surface area contributed by atoms with Crippen molar-refractivity contribution >= 4 is 11.6 Å². The van der Waals surface area contributed by atoms with E-state index in [1.165, 1.54) is 24.8 Å². The molecule has 1 nitrogen and oxygen atoms in total. The number of alkyl halides is 1. The third kappa shape index (κ3) is 3.20.